The Morgan fingerprint density at radius 2 is 1.81 bits per heavy atom. The summed E-state index contributed by atoms with van der Waals surface area (Å²) >= 11 is 0. The summed E-state index contributed by atoms with van der Waals surface area (Å²) in [5.74, 6) is -3.64. The van der Waals surface area contributed by atoms with Crippen LogP contribution in [0.2, 0.25) is 0 Å². The fourth-order valence-corrected chi connectivity index (χ4v) is 2.67. The zero-order valence-electron chi connectivity index (χ0n) is 13.7. The number of benzene rings is 1. The van der Waals surface area contributed by atoms with Crippen LogP contribution in [0.25, 0.3) is 0 Å². The van der Waals surface area contributed by atoms with Gasteiger partial charge in [-0.1, -0.05) is 12.1 Å². The van der Waals surface area contributed by atoms with Crippen LogP contribution in [0, 0.1) is 0 Å². The van der Waals surface area contributed by atoms with Crippen molar-refractivity contribution in [3.05, 3.63) is 53.1 Å². The minimum absolute atomic E-state index is 0.339. The number of hydrogen-bond acceptors (Lipinski definition) is 3. The van der Waals surface area contributed by atoms with Crippen molar-refractivity contribution in [3.8, 4) is 0 Å². The van der Waals surface area contributed by atoms with E-state index in [9.17, 15) is 18.0 Å². The van der Waals surface area contributed by atoms with E-state index >= 15 is 0 Å². The topological polar surface area (TPSA) is 92.4 Å². The van der Waals surface area contributed by atoms with Gasteiger partial charge in [0.15, 0.2) is 0 Å². The number of aromatic carboxylic acids is 1. The highest BCUT2D eigenvalue weighted by molar-refractivity contribution is 5.87. The molecule has 1 aromatic heterocycles. The van der Waals surface area contributed by atoms with E-state index in [4.69, 9.17) is 15.0 Å². The molecule has 0 radical (unpaired) electrons. The lowest BCUT2D eigenvalue weighted by Crippen LogP contribution is -2.21. The quantitative estimate of drug-likeness (QED) is 0.866. The average molecular weight is 370 g/mol. The van der Waals surface area contributed by atoms with Crippen molar-refractivity contribution in [2.45, 2.75) is 38.4 Å². The monoisotopic (exact) mass is 370 g/mol. The number of aromatic nitrogens is 2. The second kappa shape index (κ2) is 8.03. The lowest BCUT2D eigenvalue weighted by atomic mass is 10.0. The standard InChI is InChI=1S/C15H16N2O2.C2HF3O2/c18-15(19)12-5-3-4-11(8-12)9-17-10-16-13-6-1-2-7-14(13)17;3-2(4,5)1(6)7/h3-5,8,10H,1-2,6-7,9H2,(H,18,19);(H,6,7). The number of alkyl halides is 3. The smallest absolute Gasteiger partial charge is 0.478 e. The van der Waals surface area contributed by atoms with Crippen molar-refractivity contribution in [2.75, 3.05) is 0 Å². The van der Waals surface area contributed by atoms with E-state index in [0.717, 1.165) is 18.4 Å². The second-order valence-electron chi connectivity index (χ2n) is 5.78. The minimum atomic E-state index is -5.08. The molecule has 1 heterocycles. The van der Waals surface area contributed by atoms with Gasteiger partial charge in [0.1, 0.15) is 0 Å². The first kappa shape index (κ1) is 19.5. The maximum absolute atomic E-state index is 11.0. The van der Waals surface area contributed by atoms with Crippen molar-refractivity contribution in [3.63, 3.8) is 0 Å². The predicted octanol–water partition coefficient (Wildman–Crippen LogP) is 3.14. The minimum Gasteiger partial charge on any atom is -0.478 e. The largest absolute Gasteiger partial charge is 0.490 e. The van der Waals surface area contributed by atoms with E-state index in [1.54, 1.807) is 18.2 Å². The fraction of sp³-hybridized carbons (Fsp3) is 0.353. The summed E-state index contributed by atoms with van der Waals surface area (Å²) in [5, 5.41) is 16.1. The van der Waals surface area contributed by atoms with Gasteiger partial charge in [-0.15, -0.1) is 0 Å². The van der Waals surface area contributed by atoms with Crippen molar-refractivity contribution in [2.24, 2.45) is 0 Å². The number of carboxylic acid groups (broad SMARTS) is 2. The Hall–Kier alpha value is -2.84. The Kier molecular flexibility index (Phi) is 6.01. The third-order valence-electron chi connectivity index (χ3n) is 3.88. The summed E-state index contributed by atoms with van der Waals surface area (Å²) in [4.78, 5) is 24.3. The molecule has 1 aliphatic carbocycles. The van der Waals surface area contributed by atoms with Gasteiger partial charge < -0.3 is 14.8 Å². The molecule has 0 amide bonds. The molecule has 0 saturated carbocycles. The molecular weight excluding hydrogens is 353 g/mol. The van der Waals surface area contributed by atoms with Gasteiger partial charge in [-0.3, -0.25) is 0 Å². The molecule has 140 valence electrons. The van der Waals surface area contributed by atoms with Gasteiger partial charge in [-0.05, 0) is 43.4 Å². The summed E-state index contributed by atoms with van der Waals surface area (Å²) in [6.45, 7) is 0.698. The molecule has 0 fully saturated rings. The first-order valence-electron chi connectivity index (χ1n) is 7.83. The van der Waals surface area contributed by atoms with Crippen molar-refractivity contribution >= 4 is 11.9 Å². The molecule has 0 spiro atoms. The summed E-state index contributed by atoms with van der Waals surface area (Å²) < 4.78 is 33.9. The molecule has 0 aliphatic heterocycles. The van der Waals surface area contributed by atoms with Gasteiger partial charge in [0.05, 0.1) is 17.6 Å². The van der Waals surface area contributed by atoms with Crippen LogP contribution in [0.4, 0.5) is 13.2 Å². The number of carbonyl (C=O) groups is 2. The zero-order valence-corrected chi connectivity index (χ0v) is 13.7. The Bertz CT molecular complexity index is 800. The van der Waals surface area contributed by atoms with E-state index in [2.05, 4.69) is 9.55 Å². The van der Waals surface area contributed by atoms with Crippen LogP contribution in [0.1, 0.15) is 40.2 Å². The van der Waals surface area contributed by atoms with Gasteiger partial charge in [-0.2, -0.15) is 13.2 Å². The van der Waals surface area contributed by atoms with E-state index < -0.39 is 18.1 Å². The van der Waals surface area contributed by atoms with Gasteiger partial charge in [0, 0.05) is 12.2 Å². The van der Waals surface area contributed by atoms with Crippen molar-refractivity contribution in [1.29, 1.82) is 0 Å². The summed E-state index contributed by atoms with van der Waals surface area (Å²) in [5.41, 5.74) is 3.87. The molecule has 1 aromatic carbocycles. The molecule has 2 aromatic rings. The number of aryl methyl sites for hydroxylation is 1. The first-order valence-corrected chi connectivity index (χ1v) is 7.83. The molecule has 1 aliphatic rings. The molecule has 9 heteroatoms. The van der Waals surface area contributed by atoms with Crippen LogP contribution >= 0.6 is 0 Å². The second-order valence-corrected chi connectivity index (χ2v) is 5.78. The SMILES string of the molecule is O=C(O)C(F)(F)F.O=C(O)c1cccc(Cn2cnc3c2CCCC3)c1. The van der Waals surface area contributed by atoms with Gasteiger partial charge in [-0.25, -0.2) is 14.6 Å². The zero-order chi connectivity index (χ0) is 19.3. The van der Waals surface area contributed by atoms with Crippen LogP contribution in [-0.4, -0.2) is 37.9 Å². The lowest BCUT2D eigenvalue weighted by molar-refractivity contribution is -0.192. The Balaban J connectivity index is 0.000000298. The Morgan fingerprint density at radius 3 is 2.42 bits per heavy atom. The number of carboxylic acids is 2. The Labute approximate surface area is 146 Å². The number of rotatable bonds is 3. The van der Waals surface area contributed by atoms with Crippen LogP contribution in [0.3, 0.4) is 0 Å². The molecule has 0 saturated heterocycles. The highest BCUT2D eigenvalue weighted by Crippen LogP contribution is 2.21. The number of hydrogen-bond donors (Lipinski definition) is 2. The average Bonchev–Trinajstić information content (AvgIpc) is 2.98. The molecule has 3 rings (SSSR count). The predicted molar refractivity (Wildman–Crippen MR) is 85.1 cm³/mol. The van der Waals surface area contributed by atoms with E-state index in [0.29, 0.717) is 12.1 Å². The maximum atomic E-state index is 11.0. The number of aliphatic carboxylic acids is 1. The number of fused-ring (bicyclic) bond motifs is 1. The van der Waals surface area contributed by atoms with E-state index in [1.165, 1.54) is 24.2 Å². The van der Waals surface area contributed by atoms with Gasteiger partial charge in [0.2, 0.25) is 0 Å². The summed E-state index contributed by atoms with van der Waals surface area (Å²) in [7, 11) is 0. The first-order chi connectivity index (χ1) is 12.2. The molecule has 2 N–H and O–H groups in total. The van der Waals surface area contributed by atoms with Gasteiger partial charge in [0.25, 0.3) is 0 Å². The fourth-order valence-electron chi connectivity index (χ4n) is 2.67. The normalized spacial score (nSPS) is 13.3. The lowest BCUT2D eigenvalue weighted by Gasteiger charge is -2.14. The highest BCUT2D eigenvalue weighted by atomic mass is 19.4. The molecule has 0 atom stereocenters. The van der Waals surface area contributed by atoms with E-state index in [1.807, 2.05) is 12.4 Å². The van der Waals surface area contributed by atoms with Crippen molar-refractivity contribution in [1.82, 2.24) is 9.55 Å². The van der Waals surface area contributed by atoms with E-state index in [-0.39, 0.29) is 0 Å². The third kappa shape index (κ3) is 5.08. The molecule has 0 bridgehead atoms. The number of imidazole rings is 1. The molecular formula is C17H17F3N2O4. The summed E-state index contributed by atoms with van der Waals surface area (Å²) in [6, 6.07) is 7.11. The summed E-state index contributed by atoms with van der Waals surface area (Å²) in [6.07, 6.45) is 1.38. The molecule has 0 unspecified atom stereocenters. The van der Waals surface area contributed by atoms with Crippen LogP contribution in [0.15, 0.2) is 30.6 Å². The molecule has 26 heavy (non-hydrogen) atoms. The van der Waals surface area contributed by atoms with Crippen LogP contribution < -0.4 is 0 Å². The van der Waals surface area contributed by atoms with Crippen LogP contribution in [-0.2, 0) is 24.2 Å². The molecule has 6 nitrogen and oxygen atoms in total. The number of halogens is 3. The third-order valence-corrected chi connectivity index (χ3v) is 3.88. The number of nitrogens with zero attached hydrogens (tertiary/aromatic N) is 2. The maximum Gasteiger partial charge on any atom is 0.490 e. The van der Waals surface area contributed by atoms with Crippen LogP contribution in [0.5, 0.6) is 0 Å². The van der Waals surface area contributed by atoms with Gasteiger partial charge >= 0.3 is 18.1 Å². The van der Waals surface area contributed by atoms with Crippen molar-refractivity contribution < 1.29 is 33.0 Å². The Morgan fingerprint density at radius 1 is 1.15 bits per heavy atom. The highest BCUT2D eigenvalue weighted by Gasteiger charge is 2.38.